The molecule has 4 rings (SSSR count). The standard InChI is InChI=1S/2C12H21B2O7PS/c2*1-16-5-9-8(4-12(14)19-9)21-22(15,23)18-6-10-7(17-2)3-11(13)20-10/h2*7-12H,3-6H2,1-2H3,(H,15,23)/t2*7?,8?,9-,10-,11-,12-,22?/m11/s1. The van der Waals surface area contributed by atoms with Crippen LogP contribution in [-0.4, -0.2) is 169 Å². The van der Waals surface area contributed by atoms with E-state index in [0.29, 0.717) is 38.9 Å². The lowest BCUT2D eigenvalue weighted by Gasteiger charge is -2.25. The maximum Gasteiger partial charge on any atom is 0.324 e. The zero-order chi connectivity index (χ0) is 34.1. The van der Waals surface area contributed by atoms with Crippen molar-refractivity contribution in [2.45, 2.75) is 98.5 Å². The summed E-state index contributed by atoms with van der Waals surface area (Å²) >= 11 is 10.1. The Labute approximate surface area is 286 Å². The molecule has 14 atom stereocenters. The van der Waals surface area contributed by atoms with Gasteiger partial charge in [-0.15, -0.1) is 0 Å². The third-order valence-corrected chi connectivity index (χ3v) is 10.7. The number of hydrogen-bond donors (Lipinski definition) is 2. The Balaban J connectivity index is 0.000000250. The van der Waals surface area contributed by atoms with Gasteiger partial charge in [-0.1, -0.05) is 0 Å². The van der Waals surface area contributed by atoms with Gasteiger partial charge < -0.3 is 65.8 Å². The first kappa shape index (κ1) is 41.4. The van der Waals surface area contributed by atoms with Crippen molar-refractivity contribution >= 4 is 68.4 Å². The van der Waals surface area contributed by atoms with Gasteiger partial charge in [0.15, 0.2) is 0 Å². The fourth-order valence-electron chi connectivity index (χ4n) is 5.36. The topological polar surface area (TPSA) is 151 Å². The van der Waals surface area contributed by atoms with Crippen molar-refractivity contribution in [3.63, 3.8) is 0 Å². The molecule has 0 aromatic rings. The maximum atomic E-state index is 10.2. The van der Waals surface area contributed by atoms with Crippen molar-refractivity contribution in [3.05, 3.63) is 0 Å². The van der Waals surface area contributed by atoms with E-state index < -0.39 is 74.1 Å². The zero-order valence-electron chi connectivity index (χ0n) is 26.4. The van der Waals surface area contributed by atoms with E-state index >= 15 is 0 Å². The Morgan fingerprint density at radius 1 is 0.543 bits per heavy atom. The number of rotatable bonds is 16. The van der Waals surface area contributed by atoms with E-state index in [0.717, 1.165) is 0 Å². The van der Waals surface area contributed by atoms with E-state index in [1.54, 1.807) is 28.4 Å². The van der Waals surface area contributed by atoms with E-state index in [9.17, 15) is 9.79 Å². The van der Waals surface area contributed by atoms with Gasteiger partial charge in [-0.05, 0) is 49.3 Å². The van der Waals surface area contributed by atoms with Crippen molar-refractivity contribution < 1.29 is 65.8 Å². The molecule has 46 heavy (non-hydrogen) atoms. The average Bonchev–Trinajstić information content (AvgIpc) is 3.72. The smallest absolute Gasteiger partial charge is 0.324 e. The quantitative estimate of drug-likeness (QED) is 0.158. The van der Waals surface area contributed by atoms with Crippen LogP contribution < -0.4 is 0 Å². The van der Waals surface area contributed by atoms with E-state index in [4.69, 9.17) is 111 Å². The van der Waals surface area contributed by atoms with Crippen molar-refractivity contribution in [2.75, 3.05) is 54.9 Å². The van der Waals surface area contributed by atoms with Crippen molar-refractivity contribution in [1.29, 1.82) is 0 Å². The van der Waals surface area contributed by atoms with Crippen molar-refractivity contribution in [3.8, 4) is 0 Å². The van der Waals surface area contributed by atoms with Gasteiger partial charge in [0.1, 0.15) is 55.8 Å². The van der Waals surface area contributed by atoms with Crippen LogP contribution in [0.25, 0.3) is 0 Å². The fraction of sp³-hybridized carbons (Fsp3) is 1.00. The molecule has 22 heteroatoms. The summed E-state index contributed by atoms with van der Waals surface area (Å²) in [6.07, 6.45) is -1.03. The molecule has 0 aromatic heterocycles. The minimum absolute atomic E-state index is 0.0363. The molecule has 4 aliphatic rings. The van der Waals surface area contributed by atoms with Crippen LogP contribution in [-0.2, 0) is 79.6 Å². The molecule has 0 saturated carbocycles. The van der Waals surface area contributed by atoms with Gasteiger partial charge in [-0.25, -0.2) is 0 Å². The van der Waals surface area contributed by atoms with E-state index in [1.807, 2.05) is 0 Å². The van der Waals surface area contributed by atoms with Crippen LogP contribution >= 0.6 is 13.4 Å². The van der Waals surface area contributed by atoms with Crippen LogP contribution in [0.15, 0.2) is 0 Å². The summed E-state index contributed by atoms with van der Waals surface area (Å²) < 4.78 is 64.3. The van der Waals surface area contributed by atoms with Gasteiger partial charge in [-0.3, -0.25) is 0 Å². The third kappa shape index (κ3) is 13.3. The minimum atomic E-state index is -3.47. The monoisotopic (exact) mass is 724 g/mol. The van der Waals surface area contributed by atoms with Gasteiger partial charge in [0.25, 0.3) is 0 Å². The van der Waals surface area contributed by atoms with Gasteiger partial charge in [0, 0.05) is 52.5 Å². The summed E-state index contributed by atoms with van der Waals surface area (Å²) in [6, 6.07) is -1.80. The number of methoxy groups -OCH3 is 4. The number of ether oxygens (including phenoxy) is 8. The molecular weight excluding hydrogens is 682 g/mol. The highest BCUT2D eigenvalue weighted by Gasteiger charge is 2.40. The first-order valence-electron chi connectivity index (χ1n) is 14.7. The van der Waals surface area contributed by atoms with Gasteiger partial charge in [0.05, 0.1) is 50.8 Å². The fourth-order valence-corrected chi connectivity index (χ4v) is 8.31. The highest BCUT2D eigenvalue weighted by Crippen LogP contribution is 2.49. The second-order valence-electron chi connectivity index (χ2n) is 11.1. The molecule has 8 radical (unpaired) electrons. The second-order valence-corrected chi connectivity index (χ2v) is 16.7. The molecule has 0 aliphatic carbocycles. The Bertz CT molecular complexity index is 940. The predicted molar refractivity (Wildman–Crippen MR) is 176 cm³/mol. The van der Waals surface area contributed by atoms with Crippen LogP contribution in [0.2, 0.25) is 0 Å². The Hall–Kier alpha value is 1.000. The number of hydrogen-bond acceptors (Lipinski definition) is 14. The average molecular weight is 724 g/mol. The predicted octanol–water partition coefficient (Wildman–Crippen LogP) is -0.333. The highest BCUT2D eigenvalue weighted by molar-refractivity contribution is 8.07. The summed E-state index contributed by atoms with van der Waals surface area (Å²) in [5, 5.41) is 0. The summed E-state index contributed by atoms with van der Waals surface area (Å²) in [6.45, 7) is -6.29. The van der Waals surface area contributed by atoms with Crippen LogP contribution in [0.1, 0.15) is 25.7 Å². The zero-order valence-corrected chi connectivity index (χ0v) is 29.8. The third-order valence-electron chi connectivity index (χ3n) is 7.52. The summed E-state index contributed by atoms with van der Waals surface area (Å²) in [5.41, 5.74) is 0. The van der Waals surface area contributed by atoms with Crippen molar-refractivity contribution in [2.24, 2.45) is 0 Å². The molecule has 4 saturated heterocycles. The highest BCUT2D eigenvalue weighted by atomic mass is 32.5. The molecule has 4 heterocycles. The van der Waals surface area contributed by atoms with E-state index in [2.05, 4.69) is 0 Å². The van der Waals surface area contributed by atoms with Crippen molar-refractivity contribution in [1.82, 2.24) is 0 Å². The molecule has 6 unspecified atom stereocenters. The molecule has 2 N–H and O–H groups in total. The van der Waals surface area contributed by atoms with Gasteiger partial charge >= 0.3 is 13.4 Å². The van der Waals surface area contributed by atoms with E-state index in [-0.39, 0.29) is 25.4 Å². The minimum Gasteiger partial charge on any atom is -0.382 e. The SMILES string of the molecule is [B][C@H]1CC(OC)[C@@H](COP(O)(=S)OC2C[C@H]([B])O[C@@H]2COC)O1.[B][C@H]1CC(OC)[C@@H](COP(O)(=S)OC2C[C@H]([B])O[C@@H]2COC)O1. The van der Waals surface area contributed by atoms with Crippen LogP contribution in [0.4, 0.5) is 0 Å². The van der Waals surface area contributed by atoms with Gasteiger partial charge in [0.2, 0.25) is 0 Å². The molecular formula is C24H42B4O14P2S2. The normalized spacial score (nSPS) is 40.3. The first-order chi connectivity index (χ1) is 21.7. The largest absolute Gasteiger partial charge is 0.382 e. The first-order valence-corrected chi connectivity index (χ1v) is 19.9. The lowest BCUT2D eigenvalue weighted by Crippen LogP contribution is -2.30. The lowest BCUT2D eigenvalue weighted by atomic mass is 9.96. The molecule has 0 aromatic carbocycles. The lowest BCUT2D eigenvalue weighted by molar-refractivity contribution is -0.0301. The summed E-state index contributed by atoms with van der Waals surface area (Å²) in [5.74, 6) is 0. The second kappa shape index (κ2) is 19.6. The Kier molecular flexibility index (Phi) is 17.6. The van der Waals surface area contributed by atoms with Gasteiger partial charge in [-0.2, -0.15) is 0 Å². The van der Waals surface area contributed by atoms with E-state index in [1.165, 1.54) is 0 Å². The van der Waals surface area contributed by atoms with Crippen LogP contribution in [0.5, 0.6) is 0 Å². The Morgan fingerprint density at radius 2 is 0.826 bits per heavy atom. The van der Waals surface area contributed by atoms with Crippen LogP contribution in [0.3, 0.4) is 0 Å². The molecule has 14 nitrogen and oxygen atoms in total. The Morgan fingerprint density at radius 3 is 1.11 bits per heavy atom. The molecule has 256 valence electrons. The molecule has 4 fully saturated rings. The molecule has 0 spiro atoms. The maximum absolute atomic E-state index is 10.2. The summed E-state index contributed by atoms with van der Waals surface area (Å²) in [7, 11) is 29.1. The summed E-state index contributed by atoms with van der Waals surface area (Å²) in [4.78, 5) is 20.5. The molecule has 0 bridgehead atoms. The molecule has 0 amide bonds. The van der Waals surface area contributed by atoms with Crippen LogP contribution in [0, 0.1) is 0 Å². The molecule has 4 aliphatic heterocycles.